The monoisotopic (exact) mass is 392 g/mol. The molecule has 2 aromatic rings. The summed E-state index contributed by atoms with van der Waals surface area (Å²) in [5.41, 5.74) is 2.28. The van der Waals surface area contributed by atoms with Crippen molar-refractivity contribution in [2.24, 2.45) is 0 Å². The summed E-state index contributed by atoms with van der Waals surface area (Å²) in [6.07, 6.45) is 5.48. The summed E-state index contributed by atoms with van der Waals surface area (Å²) in [7, 11) is -3.29. The van der Waals surface area contributed by atoms with Gasteiger partial charge in [-0.3, -0.25) is 4.90 Å². The third-order valence-electron chi connectivity index (χ3n) is 5.01. The molecule has 3 rings (SSSR count). The number of rotatable bonds is 8. The van der Waals surface area contributed by atoms with Gasteiger partial charge < -0.3 is 0 Å². The highest BCUT2D eigenvalue weighted by Gasteiger charge is 2.23. The Labute approximate surface area is 161 Å². The van der Waals surface area contributed by atoms with Gasteiger partial charge in [0.05, 0.1) is 5.75 Å². The molecular weight excluding hydrogens is 364 g/mol. The van der Waals surface area contributed by atoms with Crippen LogP contribution in [0.5, 0.6) is 0 Å². The molecular formula is C20H28N2O2S2. The summed E-state index contributed by atoms with van der Waals surface area (Å²) >= 11 is 1.67. The number of nitrogens with one attached hydrogen (secondary N) is 1. The van der Waals surface area contributed by atoms with Crippen LogP contribution in [-0.4, -0.2) is 38.7 Å². The van der Waals surface area contributed by atoms with Crippen LogP contribution in [0.3, 0.4) is 0 Å². The van der Waals surface area contributed by atoms with Crippen molar-refractivity contribution >= 4 is 21.4 Å². The van der Waals surface area contributed by atoms with E-state index in [1.54, 1.807) is 11.3 Å². The molecule has 26 heavy (non-hydrogen) atoms. The van der Waals surface area contributed by atoms with Gasteiger partial charge in [0.2, 0.25) is 10.0 Å². The molecule has 0 spiro atoms. The molecule has 1 aromatic carbocycles. The number of hydrogen-bond donors (Lipinski definition) is 1. The second-order valence-corrected chi connectivity index (χ2v) is 9.63. The summed E-state index contributed by atoms with van der Waals surface area (Å²) in [6, 6.07) is 12.0. The average Bonchev–Trinajstić information content (AvgIpc) is 3.04. The lowest BCUT2D eigenvalue weighted by Gasteiger charge is -2.30. The highest BCUT2D eigenvalue weighted by atomic mass is 32.2. The number of nitrogens with zero attached hydrogens (tertiary/aromatic N) is 1. The Balaban J connectivity index is 1.61. The van der Waals surface area contributed by atoms with Crippen molar-refractivity contribution in [3.8, 4) is 0 Å². The van der Waals surface area contributed by atoms with E-state index in [4.69, 9.17) is 0 Å². The molecule has 1 fully saturated rings. The second-order valence-electron chi connectivity index (χ2n) is 6.93. The Bertz CT molecular complexity index is 737. The van der Waals surface area contributed by atoms with Crippen LogP contribution in [0.15, 0.2) is 47.2 Å². The number of thiophene rings is 1. The van der Waals surface area contributed by atoms with Crippen molar-refractivity contribution in [1.29, 1.82) is 0 Å². The maximum atomic E-state index is 12.5. The molecule has 1 saturated heterocycles. The van der Waals surface area contributed by atoms with Gasteiger partial charge in [0, 0.05) is 12.6 Å². The molecule has 1 atom stereocenters. The zero-order chi connectivity index (χ0) is 18.2. The lowest BCUT2D eigenvalue weighted by molar-refractivity contribution is 0.206. The number of aryl methyl sites for hydroxylation is 1. The Morgan fingerprint density at radius 1 is 1.04 bits per heavy atom. The van der Waals surface area contributed by atoms with E-state index in [-0.39, 0.29) is 11.8 Å². The molecule has 0 saturated carbocycles. The Morgan fingerprint density at radius 3 is 2.42 bits per heavy atom. The number of sulfonamides is 1. The summed E-state index contributed by atoms with van der Waals surface area (Å²) in [6.45, 7) is 2.55. The van der Waals surface area contributed by atoms with E-state index in [0.29, 0.717) is 13.0 Å². The molecule has 1 aliphatic rings. The Hall–Kier alpha value is -1.21. The molecule has 1 N–H and O–H groups in total. The van der Waals surface area contributed by atoms with E-state index in [1.165, 1.54) is 31.2 Å². The minimum Gasteiger partial charge on any atom is -0.295 e. The fourth-order valence-corrected chi connectivity index (χ4v) is 5.27. The number of benzene rings is 1. The van der Waals surface area contributed by atoms with E-state index in [0.717, 1.165) is 18.7 Å². The van der Waals surface area contributed by atoms with Crippen LogP contribution in [0.1, 0.15) is 42.9 Å². The fraction of sp³-hybridized carbons (Fsp3) is 0.500. The lowest BCUT2D eigenvalue weighted by atomic mass is 10.1. The van der Waals surface area contributed by atoms with Gasteiger partial charge in [0.15, 0.2) is 0 Å². The minimum absolute atomic E-state index is 0.130. The number of likely N-dealkylation sites (tertiary alicyclic amines) is 1. The van der Waals surface area contributed by atoms with Crippen molar-refractivity contribution in [3.63, 3.8) is 0 Å². The number of hydrogen-bond acceptors (Lipinski definition) is 4. The highest BCUT2D eigenvalue weighted by Crippen LogP contribution is 2.25. The van der Waals surface area contributed by atoms with E-state index in [9.17, 15) is 8.42 Å². The maximum Gasteiger partial charge on any atom is 0.211 e. The van der Waals surface area contributed by atoms with Gasteiger partial charge in [-0.05, 0) is 60.3 Å². The standard InChI is InChI=1S/C20H28N2O2S2/c23-26(24,15-11-18-8-4-3-5-9-18)21-16-20(19-10-14-25-17-19)22-12-6-1-2-7-13-22/h3-5,8-10,14,17,20-21H,1-2,6-7,11-13,15-16H2. The molecule has 1 unspecified atom stereocenters. The van der Waals surface area contributed by atoms with Crippen LogP contribution in [0.2, 0.25) is 0 Å². The third-order valence-corrected chi connectivity index (χ3v) is 7.06. The summed E-state index contributed by atoms with van der Waals surface area (Å²) in [4.78, 5) is 2.45. The molecule has 0 aliphatic carbocycles. The van der Waals surface area contributed by atoms with Crippen molar-refractivity contribution in [3.05, 3.63) is 58.3 Å². The van der Waals surface area contributed by atoms with Crippen molar-refractivity contribution in [1.82, 2.24) is 9.62 Å². The van der Waals surface area contributed by atoms with Gasteiger partial charge >= 0.3 is 0 Å². The Kier molecular flexibility index (Phi) is 7.25. The third kappa shape index (κ3) is 5.91. The second kappa shape index (κ2) is 9.65. The van der Waals surface area contributed by atoms with Gasteiger partial charge in [0.1, 0.15) is 0 Å². The first-order chi connectivity index (χ1) is 12.6. The first-order valence-electron chi connectivity index (χ1n) is 9.41. The van der Waals surface area contributed by atoms with Gasteiger partial charge in [0.25, 0.3) is 0 Å². The minimum atomic E-state index is -3.29. The van der Waals surface area contributed by atoms with E-state index in [2.05, 4.69) is 26.4 Å². The van der Waals surface area contributed by atoms with Gasteiger partial charge in [-0.1, -0.05) is 43.2 Å². The van der Waals surface area contributed by atoms with Crippen LogP contribution in [-0.2, 0) is 16.4 Å². The van der Waals surface area contributed by atoms with Crippen LogP contribution in [0.4, 0.5) is 0 Å². The fourth-order valence-electron chi connectivity index (χ4n) is 3.50. The predicted molar refractivity (Wildman–Crippen MR) is 109 cm³/mol. The van der Waals surface area contributed by atoms with Crippen LogP contribution >= 0.6 is 11.3 Å². The quantitative estimate of drug-likeness (QED) is 0.743. The zero-order valence-electron chi connectivity index (χ0n) is 15.1. The maximum absolute atomic E-state index is 12.5. The molecule has 0 radical (unpaired) electrons. The van der Waals surface area contributed by atoms with Crippen LogP contribution in [0.25, 0.3) is 0 Å². The van der Waals surface area contributed by atoms with Crippen molar-refractivity contribution in [2.75, 3.05) is 25.4 Å². The topological polar surface area (TPSA) is 49.4 Å². The SMILES string of the molecule is O=S(=O)(CCc1ccccc1)NCC(c1ccsc1)N1CCCCCC1. The molecule has 1 aliphatic heterocycles. The Morgan fingerprint density at radius 2 is 1.77 bits per heavy atom. The molecule has 0 amide bonds. The lowest BCUT2D eigenvalue weighted by Crippen LogP contribution is -2.39. The first kappa shape index (κ1) is 19.5. The van der Waals surface area contributed by atoms with Crippen molar-refractivity contribution in [2.45, 2.75) is 38.1 Å². The largest absolute Gasteiger partial charge is 0.295 e. The normalized spacial score (nSPS) is 17.7. The zero-order valence-corrected chi connectivity index (χ0v) is 16.8. The molecule has 142 valence electrons. The van der Waals surface area contributed by atoms with Crippen molar-refractivity contribution < 1.29 is 8.42 Å². The van der Waals surface area contributed by atoms with Gasteiger partial charge in [-0.2, -0.15) is 11.3 Å². The summed E-state index contributed by atoms with van der Waals surface area (Å²) in [5.74, 6) is 0.132. The molecule has 2 heterocycles. The predicted octanol–water partition coefficient (Wildman–Crippen LogP) is 3.83. The smallest absolute Gasteiger partial charge is 0.211 e. The van der Waals surface area contributed by atoms with Crippen LogP contribution < -0.4 is 4.72 Å². The van der Waals surface area contributed by atoms with E-state index in [1.807, 2.05) is 30.3 Å². The summed E-state index contributed by atoms with van der Waals surface area (Å²) < 4.78 is 27.9. The summed E-state index contributed by atoms with van der Waals surface area (Å²) in [5, 5.41) is 4.22. The molecule has 0 bridgehead atoms. The van der Waals surface area contributed by atoms with Gasteiger partial charge in [-0.15, -0.1) is 0 Å². The van der Waals surface area contributed by atoms with E-state index >= 15 is 0 Å². The van der Waals surface area contributed by atoms with Crippen LogP contribution in [0, 0.1) is 0 Å². The average molecular weight is 393 g/mol. The molecule has 1 aromatic heterocycles. The van der Waals surface area contributed by atoms with E-state index < -0.39 is 10.0 Å². The highest BCUT2D eigenvalue weighted by molar-refractivity contribution is 7.89. The molecule has 4 nitrogen and oxygen atoms in total. The van der Waals surface area contributed by atoms with Gasteiger partial charge in [-0.25, -0.2) is 13.1 Å². The first-order valence-corrected chi connectivity index (χ1v) is 12.0. The molecule has 6 heteroatoms.